The normalized spacial score (nSPS) is 10.3. The van der Waals surface area contributed by atoms with Crippen LogP contribution in [0.5, 0.6) is 0 Å². The summed E-state index contributed by atoms with van der Waals surface area (Å²) in [6, 6.07) is 5.93. The molecule has 0 aliphatic carbocycles. The molecule has 0 radical (unpaired) electrons. The van der Waals surface area contributed by atoms with Crippen molar-refractivity contribution >= 4 is 23.2 Å². The van der Waals surface area contributed by atoms with Gasteiger partial charge in [-0.25, -0.2) is 9.37 Å². The SMILES string of the molecule is Cc1cc(C(=O)Nc2c(C)ccnc2Cl)ccc1F. The first-order valence-corrected chi connectivity index (χ1v) is 6.05. The summed E-state index contributed by atoms with van der Waals surface area (Å²) in [4.78, 5) is 16.0. The minimum Gasteiger partial charge on any atom is -0.319 e. The first-order chi connectivity index (χ1) is 8.99. The Hall–Kier alpha value is -1.94. The van der Waals surface area contributed by atoms with Crippen LogP contribution in [-0.2, 0) is 0 Å². The number of carbonyl (C=O) groups excluding carboxylic acids is 1. The highest BCUT2D eigenvalue weighted by Gasteiger charge is 2.12. The topological polar surface area (TPSA) is 42.0 Å². The molecule has 0 saturated carbocycles. The lowest BCUT2D eigenvalue weighted by atomic mass is 10.1. The van der Waals surface area contributed by atoms with Crippen LogP contribution < -0.4 is 5.32 Å². The van der Waals surface area contributed by atoms with Crippen LogP contribution in [0, 0.1) is 19.7 Å². The van der Waals surface area contributed by atoms with E-state index in [0.717, 1.165) is 5.56 Å². The Morgan fingerprint density at radius 3 is 2.63 bits per heavy atom. The van der Waals surface area contributed by atoms with Crippen LogP contribution in [0.25, 0.3) is 0 Å². The molecule has 2 rings (SSSR count). The number of nitrogens with one attached hydrogen (secondary N) is 1. The van der Waals surface area contributed by atoms with Gasteiger partial charge in [-0.1, -0.05) is 11.6 Å². The van der Waals surface area contributed by atoms with Crippen molar-refractivity contribution in [3.05, 3.63) is 58.1 Å². The number of aromatic nitrogens is 1. The monoisotopic (exact) mass is 278 g/mol. The number of rotatable bonds is 2. The van der Waals surface area contributed by atoms with Crippen molar-refractivity contribution in [2.75, 3.05) is 5.32 Å². The van der Waals surface area contributed by atoms with Gasteiger partial charge in [0.25, 0.3) is 5.91 Å². The summed E-state index contributed by atoms with van der Waals surface area (Å²) in [7, 11) is 0. The van der Waals surface area contributed by atoms with Crippen molar-refractivity contribution in [2.45, 2.75) is 13.8 Å². The largest absolute Gasteiger partial charge is 0.319 e. The maximum atomic E-state index is 13.2. The lowest BCUT2D eigenvalue weighted by molar-refractivity contribution is 0.102. The number of amides is 1. The van der Waals surface area contributed by atoms with E-state index in [9.17, 15) is 9.18 Å². The van der Waals surface area contributed by atoms with E-state index in [1.165, 1.54) is 18.2 Å². The summed E-state index contributed by atoms with van der Waals surface area (Å²) < 4.78 is 13.2. The molecule has 1 aromatic heterocycles. The number of nitrogens with zero attached hydrogens (tertiary/aromatic N) is 1. The summed E-state index contributed by atoms with van der Waals surface area (Å²) in [5.41, 5.74) is 2.07. The zero-order valence-electron chi connectivity index (χ0n) is 10.5. The van der Waals surface area contributed by atoms with Gasteiger partial charge in [-0.05, 0) is 49.2 Å². The lowest BCUT2D eigenvalue weighted by Crippen LogP contribution is -2.13. The molecule has 1 N–H and O–H groups in total. The minimum atomic E-state index is -0.346. The van der Waals surface area contributed by atoms with Gasteiger partial charge in [-0.15, -0.1) is 0 Å². The smallest absolute Gasteiger partial charge is 0.255 e. The third kappa shape index (κ3) is 2.90. The number of hydrogen-bond acceptors (Lipinski definition) is 2. The van der Waals surface area contributed by atoms with Gasteiger partial charge >= 0.3 is 0 Å². The van der Waals surface area contributed by atoms with Crippen molar-refractivity contribution < 1.29 is 9.18 Å². The number of benzene rings is 1. The van der Waals surface area contributed by atoms with Crippen LogP contribution in [-0.4, -0.2) is 10.9 Å². The molecule has 0 aliphatic rings. The van der Waals surface area contributed by atoms with E-state index in [1.807, 2.05) is 6.92 Å². The highest BCUT2D eigenvalue weighted by molar-refractivity contribution is 6.32. The molecule has 0 bridgehead atoms. The Labute approximate surface area is 115 Å². The van der Waals surface area contributed by atoms with Gasteiger partial charge in [0.15, 0.2) is 5.15 Å². The maximum Gasteiger partial charge on any atom is 0.255 e. The van der Waals surface area contributed by atoms with Crippen LogP contribution in [0.15, 0.2) is 30.5 Å². The maximum absolute atomic E-state index is 13.2. The molecule has 3 nitrogen and oxygen atoms in total. The van der Waals surface area contributed by atoms with Crippen molar-refractivity contribution in [2.24, 2.45) is 0 Å². The summed E-state index contributed by atoms with van der Waals surface area (Å²) in [5, 5.41) is 2.91. The van der Waals surface area contributed by atoms with Gasteiger partial charge < -0.3 is 5.32 Å². The van der Waals surface area contributed by atoms with E-state index in [0.29, 0.717) is 16.8 Å². The molecule has 5 heteroatoms. The standard InChI is InChI=1S/C14H12ClFN2O/c1-8-5-6-17-13(15)12(8)18-14(19)10-3-4-11(16)9(2)7-10/h3-7H,1-2H3,(H,18,19). The van der Waals surface area contributed by atoms with Crippen molar-refractivity contribution in [1.29, 1.82) is 0 Å². The predicted molar refractivity (Wildman–Crippen MR) is 73.1 cm³/mol. The van der Waals surface area contributed by atoms with Gasteiger partial charge in [-0.2, -0.15) is 0 Å². The number of pyridine rings is 1. The molecular weight excluding hydrogens is 267 g/mol. The molecule has 0 fully saturated rings. The Morgan fingerprint density at radius 1 is 1.26 bits per heavy atom. The van der Waals surface area contributed by atoms with Gasteiger partial charge in [0.05, 0.1) is 5.69 Å². The molecule has 2 aromatic rings. The first kappa shape index (κ1) is 13.5. The molecule has 0 atom stereocenters. The zero-order valence-corrected chi connectivity index (χ0v) is 11.3. The van der Waals surface area contributed by atoms with Crippen molar-refractivity contribution in [3.8, 4) is 0 Å². The summed E-state index contributed by atoms with van der Waals surface area (Å²) in [5.74, 6) is -0.687. The second-order valence-electron chi connectivity index (χ2n) is 4.21. The minimum absolute atomic E-state index is 0.229. The van der Waals surface area contributed by atoms with E-state index in [4.69, 9.17) is 11.6 Å². The number of hydrogen-bond donors (Lipinski definition) is 1. The van der Waals surface area contributed by atoms with Gasteiger partial charge in [0.1, 0.15) is 5.82 Å². The average Bonchev–Trinajstić information content (AvgIpc) is 2.37. The first-order valence-electron chi connectivity index (χ1n) is 5.67. The molecule has 1 amide bonds. The highest BCUT2D eigenvalue weighted by Crippen LogP contribution is 2.23. The second-order valence-corrected chi connectivity index (χ2v) is 4.57. The molecular formula is C14H12ClFN2O. The van der Waals surface area contributed by atoms with Crippen LogP contribution in [0.4, 0.5) is 10.1 Å². The molecule has 0 aliphatic heterocycles. The summed E-state index contributed by atoms with van der Waals surface area (Å²) >= 11 is 5.93. The Balaban J connectivity index is 2.28. The fourth-order valence-electron chi connectivity index (χ4n) is 1.65. The van der Waals surface area contributed by atoms with Crippen LogP contribution in [0.2, 0.25) is 5.15 Å². The average molecular weight is 279 g/mol. The third-order valence-electron chi connectivity index (χ3n) is 2.77. The summed E-state index contributed by atoms with van der Waals surface area (Å²) in [6.45, 7) is 3.42. The van der Waals surface area contributed by atoms with Crippen molar-refractivity contribution in [3.63, 3.8) is 0 Å². The molecule has 0 unspecified atom stereocenters. The van der Waals surface area contributed by atoms with E-state index < -0.39 is 0 Å². The fraction of sp³-hybridized carbons (Fsp3) is 0.143. The summed E-state index contributed by atoms with van der Waals surface area (Å²) in [6.07, 6.45) is 1.56. The second kappa shape index (κ2) is 5.36. The number of halogens is 2. The van der Waals surface area contributed by atoms with Crippen LogP contribution in [0.3, 0.4) is 0 Å². The van der Waals surface area contributed by atoms with E-state index in [2.05, 4.69) is 10.3 Å². The predicted octanol–water partition coefficient (Wildman–Crippen LogP) is 3.74. The Morgan fingerprint density at radius 2 is 2.00 bits per heavy atom. The zero-order chi connectivity index (χ0) is 14.0. The van der Waals surface area contributed by atoms with E-state index >= 15 is 0 Å². The number of carbonyl (C=O) groups is 1. The molecule has 0 saturated heterocycles. The van der Waals surface area contributed by atoms with Gasteiger partial charge in [0.2, 0.25) is 0 Å². The Bertz CT molecular complexity index is 623. The Kier molecular flexibility index (Phi) is 3.81. The lowest BCUT2D eigenvalue weighted by Gasteiger charge is -2.10. The highest BCUT2D eigenvalue weighted by atomic mass is 35.5. The molecule has 98 valence electrons. The third-order valence-corrected chi connectivity index (χ3v) is 3.06. The molecule has 0 spiro atoms. The number of anilines is 1. The van der Waals surface area contributed by atoms with Crippen LogP contribution in [0.1, 0.15) is 21.5 Å². The quantitative estimate of drug-likeness (QED) is 0.850. The molecule has 19 heavy (non-hydrogen) atoms. The van der Waals surface area contributed by atoms with Crippen molar-refractivity contribution in [1.82, 2.24) is 4.98 Å². The van der Waals surface area contributed by atoms with E-state index in [1.54, 1.807) is 19.2 Å². The van der Waals surface area contributed by atoms with Crippen LogP contribution >= 0.6 is 11.6 Å². The number of aryl methyl sites for hydroxylation is 2. The fourth-order valence-corrected chi connectivity index (χ4v) is 1.90. The molecule has 1 heterocycles. The van der Waals surface area contributed by atoms with E-state index in [-0.39, 0.29) is 16.9 Å². The van der Waals surface area contributed by atoms with Gasteiger partial charge in [0, 0.05) is 11.8 Å². The molecule has 1 aromatic carbocycles. The van der Waals surface area contributed by atoms with Gasteiger partial charge in [-0.3, -0.25) is 4.79 Å².